The minimum atomic E-state index is -5.15. The second-order valence-corrected chi connectivity index (χ2v) is 3.20. The van der Waals surface area contributed by atoms with Crippen molar-refractivity contribution in [3.05, 3.63) is 22.3 Å². The van der Waals surface area contributed by atoms with Crippen molar-refractivity contribution in [2.24, 2.45) is 0 Å². The number of pyridine rings is 1. The maximum absolute atomic E-state index is 12.4. The molecule has 0 fully saturated rings. The van der Waals surface area contributed by atoms with Crippen molar-refractivity contribution in [3.8, 4) is 5.88 Å². The van der Waals surface area contributed by atoms with Crippen LogP contribution in [-0.2, 0) is 6.61 Å². The van der Waals surface area contributed by atoms with Crippen LogP contribution in [0, 0.1) is 0 Å². The second kappa shape index (κ2) is 5.01. The molecule has 96 valence electrons. The van der Waals surface area contributed by atoms with Crippen molar-refractivity contribution in [1.29, 1.82) is 0 Å². The number of aliphatic hydroxyl groups is 1. The third-order valence-electron chi connectivity index (χ3n) is 1.66. The van der Waals surface area contributed by atoms with Crippen LogP contribution in [0.4, 0.5) is 22.0 Å². The maximum atomic E-state index is 12.4. The molecule has 17 heavy (non-hydrogen) atoms. The molecule has 0 saturated carbocycles. The molecule has 1 N–H and O–H groups in total. The number of hydrogen-bond donors (Lipinski definition) is 1. The summed E-state index contributed by atoms with van der Waals surface area (Å²) in [7, 11) is 0. The van der Waals surface area contributed by atoms with Gasteiger partial charge in [-0.05, 0) is 6.07 Å². The number of aliphatic hydroxyl groups excluding tert-OH is 1. The molecule has 9 heteroatoms. The molecule has 0 saturated heterocycles. The van der Waals surface area contributed by atoms with Crippen molar-refractivity contribution < 1.29 is 31.8 Å². The molecule has 1 rings (SSSR count). The van der Waals surface area contributed by atoms with Gasteiger partial charge in [-0.15, -0.1) is 13.2 Å². The molecule has 0 atom stereocenters. The first-order valence-electron chi connectivity index (χ1n) is 4.08. The van der Waals surface area contributed by atoms with Crippen LogP contribution in [0.15, 0.2) is 6.07 Å². The summed E-state index contributed by atoms with van der Waals surface area (Å²) in [6.45, 7) is -0.724. The SMILES string of the molecule is OCc1cc(C(F)F)c(OC(F)(F)F)nc1Cl. The van der Waals surface area contributed by atoms with E-state index >= 15 is 0 Å². The number of hydrogen-bond acceptors (Lipinski definition) is 3. The van der Waals surface area contributed by atoms with Gasteiger partial charge in [0.05, 0.1) is 12.2 Å². The Morgan fingerprint density at radius 3 is 2.41 bits per heavy atom. The minimum absolute atomic E-state index is 0.212. The van der Waals surface area contributed by atoms with E-state index < -0.39 is 36.0 Å². The Balaban J connectivity index is 3.23. The summed E-state index contributed by atoms with van der Waals surface area (Å²) in [6, 6.07) is 0.612. The molecular weight excluding hydrogens is 273 g/mol. The molecule has 0 radical (unpaired) electrons. The smallest absolute Gasteiger partial charge is 0.392 e. The zero-order valence-electron chi connectivity index (χ0n) is 7.93. The maximum Gasteiger partial charge on any atom is 0.574 e. The van der Waals surface area contributed by atoms with Crippen LogP contribution in [0.3, 0.4) is 0 Å². The van der Waals surface area contributed by atoms with Gasteiger partial charge in [0.15, 0.2) is 0 Å². The summed E-state index contributed by atoms with van der Waals surface area (Å²) in [5.74, 6) is -1.32. The van der Waals surface area contributed by atoms with Crippen molar-refractivity contribution in [3.63, 3.8) is 0 Å². The van der Waals surface area contributed by atoms with Crippen LogP contribution >= 0.6 is 11.6 Å². The van der Waals surface area contributed by atoms with E-state index in [-0.39, 0.29) is 5.56 Å². The van der Waals surface area contributed by atoms with Gasteiger partial charge < -0.3 is 9.84 Å². The van der Waals surface area contributed by atoms with E-state index in [0.29, 0.717) is 6.07 Å². The van der Waals surface area contributed by atoms with Gasteiger partial charge in [0.25, 0.3) is 6.43 Å². The number of nitrogens with zero attached hydrogens (tertiary/aromatic N) is 1. The lowest BCUT2D eigenvalue weighted by atomic mass is 10.2. The van der Waals surface area contributed by atoms with Crippen LogP contribution in [0.25, 0.3) is 0 Å². The van der Waals surface area contributed by atoms with E-state index in [1.807, 2.05) is 0 Å². The highest BCUT2D eigenvalue weighted by Gasteiger charge is 2.34. The third-order valence-corrected chi connectivity index (χ3v) is 1.99. The van der Waals surface area contributed by atoms with E-state index in [2.05, 4.69) is 9.72 Å². The predicted octanol–water partition coefficient (Wildman–Crippen LogP) is 3.06. The van der Waals surface area contributed by atoms with E-state index in [1.54, 1.807) is 0 Å². The predicted molar refractivity (Wildman–Crippen MR) is 46.8 cm³/mol. The lowest BCUT2D eigenvalue weighted by Gasteiger charge is -2.13. The summed E-state index contributed by atoms with van der Waals surface area (Å²) in [5, 5.41) is 8.18. The highest BCUT2D eigenvalue weighted by Crippen LogP contribution is 2.34. The molecule has 0 aromatic carbocycles. The topological polar surface area (TPSA) is 42.4 Å². The molecule has 0 unspecified atom stereocenters. The summed E-state index contributed by atoms with van der Waals surface area (Å²) < 4.78 is 63.9. The highest BCUT2D eigenvalue weighted by molar-refractivity contribution is 6.30. The highest BCUT2D eigenvalue weighted by atomic mass is 35.5. The van der Waals surface area contributed by atoms with Gasteiger partial charge in [-0.1, -0.05) is 11.6 Å². The standard InChI is InChI=1S/C8H5ClF5NO2/c9-5-3(2-16)1-4(6(10)11)7(15-5)17-8(12,13)14/h1,6,16H,2H2. The number of ether oxygens (including phenoxy) is 1. The van der Waals surface area contributed by atoms with Gasteiger partial charge in [-0.3, -0.25) is 0 Å². The van der Waals surface area contributed by atoms with Gasteiger partial charge >= 0.3 is 6.36 Å². The summed E-state index contributed by atoms with van der Waals surface area (Å²) in [4.78, 5) is 3.03. The molecule has 1 aromatic rings. The molecule has 0 aliphatic carbocycles. The quantitative estimate of drug-likeness (QED) is 0.682. The summed E-state index contributed by atoms with van der Waals surface area (Å²) in [6.07, 6.45) is -8.39. The fraction of sp³-hybridized carbons (Fsp3) is 0.375. The number of alkyl halides is 5. The lowest BCUT2D eigenvalue weighted by molar-refractivity contribution is -0.276. The van der Waals surface area contributed by atoms with E-state index in [0.717, 1.165) is 0 Å². The third kappa shape index (κ3) is 3.67. The Hall–Kier alpha value is -1.15. The van der Waals surface area contributed by atoms with E-state index in [1.165, 1.54) is 0 Å². The van der Waals surface area contributed by atoms with Gasteiger partial charge in [0, 0.05) is 5.56 Å². The molecule has 0 spiro atoms. The molecule has 0 bridgehead atoms. The molecule has 0 aliphatic rings. The van der Waals surface area contributed by atoms with Gasteiger partial charge in [-0.2, -0.15) is 0 Å². The van der Waals surface area contributed by atoms with Crippen molar-refractivity contribution >= 4 is 11.6 Å². The molecule has 3 nitrogen and oxygen atoms in total. The Bertz CT molecular complexity index is 410. The first-order chi connectivity index (χ1) is 7.74. The largest absolute Gasteiger partial charge is 0.574 e. The van der Waals surface area contributed by atoms with Crippen molar-refractivity contribution in [1.82, 2.24) is 4.98 Å². The molecule has 0 amide bonds. The number of halogens is 6. The molecule has 1 heterocycles. The van der Waals surface area contributed by atoms with Crippen molar-refractivity contribution in [2.45, 2.75) is 19.4 Å². The Labute approximate surface area is 96.8 Å². The first-order valence-corrected chi connectivity index (χ1v) is 4.46. The van der Waals surface area contributed by atoms with Crippen LogP contribution < -0.4 is 4.74 Å². The number of rotatable bonds is 3. The average molecular weight is 278 g/mol. The monoisotopic (exact) mass is 277 g/mol. The lowest BCUT2D eigenvalue weighted by Crippen LogP contribution is -2.19. The normalized spacial score (nSPS) is 12.0. The fourth-order valence-electron chi connectivity index (χ4n) is 0.993. The Morgan fingerprint density at radius 2 is 2.00 bits per heavy atom. The van der Waals surface area contributed by atoms with Crippen LogP contribution in [-0.4, -0.2) is 16.5 Å². The minimum Gasteiger partial charge on any atom is -0.392 e. The molecular formula is C8H5ClF5NO2. The summed E-state index contributed by atoms with van der Waals surface area (Å²) >= 11 is 5.37. The van der Waals surface area contributed by atoms with Crippen molar-refractivity contribution in [2.75, 3.05) is 0 Å². The van der Waals surface area contributed by atoms with Crippen LogP contribution in [0.5, 0.6) is 5.88 Å². The Morgan fingerprint density at radius 1 is 1.41 bits per heavy atom. The Kier molecular flexibility index (Phi) is 4.10. The molecule has 0 aliphatic heterocycles. The fourth-order valence-corrected chi connectivity index (χ4v) is 1.18. The van der Waals surface area contributed by atoms with Gasteiger partial charge in [0.2, 0.25) is 5.88 Å². The second-order valence-electron chi connectivity index (χ2n) is 2.84. The van der Waals surface area contributed by atoms with Crippen LogP contribution in [0.2, 0.25) is 5.15 Å². The first kappa shape index (κ1) is 13.9. The molecule has 1 aromatic heterocycles. The van der Waals surface area contributed by atoms with Crippen LogP contribution in [0.1, 0.15) is 17.6 Å². The zero-order valence-corrected chi connectivity index (χ0v) is 8.69. The average Bonchev–Trinajstić information content (AvgIpc) is 2.14. The van der Waals surface area contributed by atoms with Gasteiger partial charge in [0.1, 0.15) is 5.15 Å². The van der Waals surface area contributed by atoms with Gasteiger partial charge in [-0.25, -0.2) is 13.8 Å². The zero-order chi connectivity index (χ0) is 13.2. The van der Waals surface area contributed by atoms with E-state index in [4.69, 9.17) is 16.7 Å². The summed E-state index contributed by atoms with van der Waals surface area (Å²) in [5.41, 5.74) is -1.30. The number of aromatic nitrogens is 1. The van der Waals surface area contributed by atoms with E-state index in [9.17, 15) is 22.0 Å².